The van der Waals surface area contributed by atoms with Crippen LogP contribution >= 0.6 is 0 Å². The smallest absolute Gasteiger partial charge is 0.217 e. The summed E-state index contributed by atoms with van der Waals surface area (Å²) in [4.78, 5) is 22.5. The van der Waals surface area contributed by atoms with Gasteiger partial charge >= 0.3 is 0 Å². The monoisotopic (exact) mass is 348 g/mol. The third-order valence-electron chi connectivity index (χ3n) is 4.64. The molecule has 1 amide bonds. The van der Waals surface area contributed by atoms with E-state index in [1.165, 1.54) is 0 Å². The van der Waals surface area contributed by atoms with E-state index in [4.69, 9.17) is 10.7 Å². The zero-order valence-electron chi connectivity index (χ0n) is 15.6. The maximum absolute atomic E-state index is 11.2. The molecule has 140 valence electrons. The molecule has 1 unspecified atom stereocenters. The van der Waals surface area contributed by atoms with Gasteiger partial charge in [-0.1, -0.05) is 0 Å². The first-order valence-corrected chi connectivity index (χ1v) is 9.39. The second-order valence-corrected chi connectivity index (χ2v) is 6.74. The molecule has 1 saturated heterocycles. The highest BCUT2D eigenvalue weighted by atomic mass is 16.1. The Morgan fingerprint density at radius 2 is 2.32 bits per heavy atom. The van der Waals surface area contributed by atoms with Crippen molar-refractivity contribution in [3.8, 4) is 0 Å². The lowest BCUT2D eigenvalue weighted by atomic mass is 9.95. The van der Waals surface area contributed by atoms with Gasteiger partial charge in [-0.15, -0.1) is 0 Å². The molecule has 0 bridgehead atoms. The Kier molecular flexibility index (Phi) is 7.76. The minimum absolute atomic E-state index is 0.205. The number of aliphatic imine (C=N–C) groups is 1. The number of nitrogens with one attached hydrogen (secondary N) is 1. The normalized spacial score (nSPS) is 18.4. The number of hydrogen-bond acceptors (Lipinski definition) is 3. The number of imidazole rings is 1. The van der Waals surface area contributed by atoms with Gasteiger partial charge in [0.2, 0.25) is 5.91 Å². The number of carbonyl (C=O) groups is 1. The number of guanidine groups is 1. The van der Waals surface area contributed by atoms with Crippen LogP contribution in [0.15, 0.2) is 17.4 Å². The number of nitrogens with zero attached hydrogens (tertiary/aromatic N) is 4. The van der Waals surface area contributed by atoms with Crippen molar-refractivity contribution in [1.82, 2.24) is 19.8 Å². The molecular formula is C18H32N6O. The quantitative estimate of drug-likeness (QED) is 0.423. The third-order valence-corrected chi connectivity index (χ3v) is 4.64. The van der Waals surface area contributed by atoms with Crippen LogP contribution in [0.5, 0.6) is 0 Å². The van der Waals surface area contributed by atoms with Gasteiger partial charge in [0, 0.05) is 51.5 Å². The van der Waals surface area contributed by atoms with E-state index < -0.39 is 0 Å². The predicted molar refractivity (Wildman–Crippen MR) is 100 cm³/mol. The summed E-state index contributed by atoms with van der Waals surface area (Å²) in [5, 5.41) is 3.38. The molecule has 0 radical (unpaired) electrons. The van der Waals surface area contributed by atoms with Crippen molar-refractivity contribution >= 4 is 11.9 Å². The SMILES string of the molecule is CCNC(=NCCCCn1ccnc1C)N1CCCC(CC(N)=O)C1. The Morgan fingerprint density at radius 1 is 1.48 bits per heavy atom. The number of hydrogen-bond donors (Lipinski definition) is 2. The van der Waals surface area contributed by atoms with Crippen LogP contribution in [-0.4, -0.2) is 52.5 Å². The number of primary amides is 1. The maximum atomic E-state index is 11.2. The summed E-state index contributed by atoms with van der Waals surface area (Å²) in [6.07, 6.45) is 8.63. The van der Waals surface area contributed by atoms with Crippen LogP contribution in [0.3, 0.4) is 0 Å². The predicted octanol–water partition coefficient (Wildman–Crippen LogP) is 1.52. The molecule has 0 aliphatic carbocycles. The van der Waals surface area contributed by atoms with Gasteiger partial charge in [0.25, 0.3) is 0 Å². The Morgan fingerprint density at radius 3 is 3.00 bits per heavy atom. The van der Waals surface area contributed by atoms with Crippen molar-refractivity contribution in [1.29, 1.82) is 0 Å². The lowest BCUT2D eigenvalue weighted by Crippen LogP contribution is -2.47. The molecule has 7 nitrogen and oxygen atoms in total. The summed E-state index contributed by atoms with van der Waals surface area (Å²) < 4.78 is 2.17. The van der Waals surface area contributed by atoms with Gasteiger partial charge < -0.3 is 20.5 Å². The van der Waals surface area contributed by atoms with E-state index in [0.717, 1.165) is 70.2 Å². The lowest BCUT2D eigenvalue weighted by molar-refractivity contribution is -0.119. The third kappa shape index (κ3) is 6.40. The molecule has 0 saturated carbocycles. The van der Waals surface area contributed by atoms with Gasteiger partial charge in [-0.05, 0) is 45.4 Å². The van der Waals surface area contributed by atoms with Gasteiger partial charge in [0.15, 0.2) is 5.96 Å². The van der Waals surface area contributed by atoms with Crippen LogP contribution < -0.4 is 11.1 Å². The molecule has 1 aliphatic heterocycles. The minimum Gasteiger partial charge on any atom is -0.370 e. The number of nitrogens with two attached hydrogens (primary N) is 1. The minimum atomic E-state index is -0.205. The zero-order valence-corrected chi connectivity index (χ0v) is 15.6. The number of aromatic nitrogens is 2. The molecule has 25 heavy (non-hydrogen) atoms. The standard InChI is InChI=1S/C18H32N6O/c1-3-20-18(24-11-6-7-16(14-24)13-17(19)25)22-8-4-5-10-23-12-9-21-15(23)2/h9,12,16H,3-8,10-11,13-14H2,1-2H3,(H2,19,25)(H,20,22). The van der Waals surface area contributed by atoms with Gasteiger partial charge in [-0.3, -0.25) is 9.79 Å². The first-order valence-electron chi connectivity index (χ1n) is 9.39. The van der Waals surface area contributed by atoms with Crippen LogP contribution in [0.4, 0.5) is 0 Å². The number of carbonyl (C=O) groups excluding carboxylic acids is 1. The number of unbranched alkanes of at least 4 members (excludes halogenated alkanes) is 1. The molecule has 0 spiro atoms. The van der Waals surface area contributed by atoms with Crippen molar-refractivity contribution in [2.24, 2.45) is 16.6 Å². The lowest BCUT2D eigenvalue weighted by Gasteiger charge is -2.34. The van der Waals surface area contributed by atoms with Gasteiger partial charge in [0.05, 0.1) is 0 Å². The van der Waals surface area contributed by atoms with Crippen molar-refractivity contribution in [2.75, 3.05) is 26.2 Å². The highest BCUT2D eigenvalue weighted by Crippen LogP contribution is 2.19. The van der Waals surface area contributed by atoms with Gasteiger partial charge in [-0.2, -0.15) is 0 Å². The van der Waals surface area contributed by atoms with Crippen molar-refractivity contribution < 1.29 is 4.79 Å². The number of amides is 1. The fourth-order valence-corrected chi connectivity index (χ4v) is 3.35. The number of rotatable bonds is 8. The van der Waals surface area contributed by atoms with Crippen LogP contribution in [0.2, 0.25) is 0 Å². The molecule has 7 heteroatoms. The molecule has 1 aliphatic rings. The van der Waals surface area contributed by atoms with E-state index in [9.17, 15) is 4.79 Å². The average Bonchev–Trinajstić information content (AvgIpc) is 2.98. The fourth-order valence-electron chi connectivity index (χ4n) is 3.35. The molecule has 2 heterocycles. The molecule has 3 N–H and O–H groups in total. The fraction of sp³-hybridized carbons (Fsp3) is 0.722. The van der Waals surface area contributed by atoms with Gasteiger partial charge in [0.1, 0.15) is 5.82 Å². The molecular weight excluding hydrogens is 316 g/mol. The van der Waals surface area contributed by atoms with E-state index in [1.54, 1.807) is 0 Å². The molecule has 1 aromatic rings. The number of aryl methyl sites for hydroxylation is 2. The Balaban J connectivity index is 1.80. The summed E-state index contributed by atoms with van der Waals surface area (Å²) >= 11 is 0. The maximum Gasteiger partial charge on any atom is 0.217 e. The second kappa shape index (κ2) is 10.1. The molecule has 1 aromatic heterocycles. The summed E-state index contributed by atoms with van der Waals surface area (Å²) in [7, 11) is 0. The Hall–Kier alpha value is -2.05. The van der Waals surface area contributed by atoms with Crippen molar-refractivity contribution in [2.45, 2.75) is 52.5 Å². The Labute approximate surface area is 150 Å². The molecule has 2 rings (SSSR count). The molecule has 1 atom stereocenters. The highest BCUT2D eigenvalue weighted by Gasteiger charge is 2.23. The first kappa shape index (κ1) is 19.3. The summed E-state index contributed by atoms with van der Waals surface area (Å²) in [5.41, 5.74) is 5.36. The highest BCUT2D eigenvalue weighted by molar-refractivity contribution is 5.80. The van der Waals surface area contributed by atoms with E-state index in [2.05, 4.69) is 26.7 Å². The summed E-state index contributed by atoms with van der Waals surface area (Å²) in [5.74, 6) is 2.17. The van der Waals surface area contributed by atoms with Crippen molar-refractivity contribution in [3.63, 3.8) is 0 Å². The Bertz CT molecular complexity index is 568. The zero-order chi connectivity index (χ0) is 18.1. The second-order valence-electron chi connectivity index (χ2n) is 6.74. The molecule has 1 fully saturated rings. The van der Waals surface area contributed by atoms with E-state index >= 15 is 0 Å². The van der Waals surface area contributed by atoms with Crippen LogP contribution in [0.1, 0.15) is 44.9 Å². The van der Waals surface area contributed by atoms with Crippen LogP contribution in [-0.2, 0) is 11.3 Å². The summed E-state index contributed by atoms with van der Waals surface area (Å²) in [6.45, 7) is 8.63. The largest absolute Gasteiger partial charge is 0.370 e. The number of likely N-dealkylation sites (tertiary alicyclic amines) is 1. The number of piperidine rings is 1. The first-order chi connectivity index (χ1) is 12.1. The van der Waals surface area contributed by atoms with Gasteiger partial charge in [-0.25, -0.2) is 4.98 Å². The van der Waals surface area contributed by atoms with Crippen LogP contribution in [0, 0.1) is 12.8 Å². The van der Waals surface area contributed by atoms with Crippen LogP contribution in [0.25, 0.3) is 0 Å². The summed E-state index contributed by atoms with van der Waals surface area (Å²) in [6, 6.07) is 0. The van der Waals surface area contributed by atoms with E-state index in [1.807, 2.05) is 19.3 Å². The van der Waals surface area contributed by atoms with E-state index in [0.29, 0.717) is 12.3 Å². The topological polar surface area (TPSA) is 88.5 Å². The molecule has 0 aromatic carbocycles. The van der Waals surface area contributed by atoms with E-state index in [-0.39, 0.29) is 5.91 Å². The van der Waals surface area contributed by atoms with Crippen molar-refractivity contribution in [3.05, 3.63) is 18.2 Å². The average molecular weight is 348 g/mol.